The largest absolute Gasteiger partial charge is 0.495 e. The van der Waals surface area contributed by atoms with Gasteiger partial charge in [0.25, 0.3) is 11.2 Å². The number of rotatable bonds is 6. The Morgan fingerprint density at radius 1 is 1.20 bits per heavy atom. The van der Waals surface area contributed by atoms with Crippen molar-refractivity contribution in [1.82, 2.24) is 14.5 Å². The van der Waals surface area contributed by atoms with Crippen LogP contribution in [0.3, 0.4) is 0 Å². The van der Waals surface area contributed by atoms with Crippen LogP contribution < -0.4 is 10.3 Å². The molecule has 0 saturated carbocycles. The topological polar surface area (TPSA) is 108 Å². The molecule has 0 spiro atoms. The third-order valence-corrected chi connectivity index (χ3v) is 5.25. The molecule has 0 atom stereocenters. The monoisotopic (exact) mass is 408 g/mol. The Balaban J connectivity index is 2.02. The van der Waals surface area contributed by atoms with Gasteiger partial charge in [0, 0.05) is 24.1 Å². The Bertz CT molecular complexity index is 1260. The molecule has 30 heavy (non-hydrogen) atoms. The highest BCUT2D eigenvalue weighted by molar-refractivity contribution is 6.26. The van der Waals surface area contributed by atoms with E-state index in [1.54, 1.807) is 6.07 Å². The van der Waals surface area contributed by atoms with Gasteiger partial charge < -0.3 is 14.2 Å². The minimum absolute atomic E-state index is 0.154. The smallest absolute Gasteiger partial charge is 0.270 e. The van der Waals surface area contributed by atoms with Crippen LogP contribution in [0.4, 0.5) is 5.69 Å². The molecule has 0 saturated heterocycles. The van der Waals surface area contributed by atoms with E-state index < -0.39 is 4.92 Å². The lowest BCUT2D eigenvalue weighted by Gasteiger charge is -2.16. The van der Waals surface area contributed by atoms with E-state index in [4.69, 9.17) is 4.74 Å². The molecule has 1 aromatic carbocycles. The number of carbonyl (C=O) groups excluding carboxylic acids is 1. The maximum absolute atomic E-state index is 13.3. The minimum atomic E-state index is -0.550. The number of pyridine rings is 2. The highest BCUT2D eigenvalue weighted by atomic mass is 16.6. The highest BCUT2D eigenvalue weighted by Crippen LogP contribution is 2.39. The number of benzene rings is 1. The Morgan fingerprint density at radius 2 is 1.97 bits per heavy atom. The number of hydrogen-bond donors (Lipinski definition) is 0. The van der Waals surface area contributed by atoms with Crippen molar-refractivity contribution in [2.75, 3.05) is 27.7 Å². The lowest BCUT2D eigenvalue weighted by atomic mass is 10.0. The first-order chi connectivity index (χ1) is 14.3. The Labute approximate surface area is 171 Å². The van der Waals surface area contributed by atoms with Gasteiger partial charge in [0.05, 0.1) is 46.1 Å². The molecule has 154 valence electrons. The van der Waals surface area contributed by atoms with Crippen LogP contribution in [0.15, 0.2) is 35.3 Å². The van der Waals surface area contributed by atoms with Crippen LogP contribution in [0.1, 0.15) is 22.3 Å². The maximum Gasteiger partial charge on any atom is 0.270 e. The number of aromatic nitrogens is 2. The van der Waals surface area contributed by atoms with Gasteiger partial charge in [-0.05, 0) is 39.2 Å². The van der Waals surface area contributed by atoms with Crippen LogP contribution in [0.2, 0.25) is 0 Å². The van der Waals surface area contributed by atoms with E-state index in [0.29, 0.717) is 46.6 Å². The van der Waals surface area contributed by atoms with Gasteiger partial charge in [-0.15, -0.1) is 0 Å². The normalized spacial score (nSPS) is 12.3. The zero-order valence-corrected chi connectivity index (χ0v) is 16.8. The molecule has 1 aliphatic carbocycles. The molecule has 0 radical (unpaired) electrons. The number of methoxy groups -OCH3 is 1. The number of hydrogen-bond acceptors (Lipinski definition) is 7. The second-order valence-electron chi connectivity index (χ2n) is 7.42. The summed E-state index contributed by atoms with van der Waals surface area (Å²) in [7, 11) is 5.36. The fraction of sp³-hybridized carbons (Fsp3) is 0.286. The van der Waals surface area contributed by atoms with Crippen LogP contribution in [0, 0.1) is 10.1 Å². The number of nitrogens with zero attached hydrogens (tertiary/aromatic N) is 4. The van der Waals surface area contributed by atoms with E-state index >= 15 is 0 Å². The third-order valence-electron chi connectivity index (χ3n) is 5.25. The second kappa shape index (κ2) is 7.34. The molecule has 2 heterocycles. The predicted octanol–water partition coefficient (Wildman–Crippen LogP) is 2.48. The molecule has 0 bridgehead atoms. The lowest BCUT2D eigenvalue weighted by molar-refractivity contribution is -0.384. The molecule has 9 heteroatoms. The summed E-state index contributed by atoms with van der Waals surface area (Å²) in [5, 5.41) is 11.8. The summed E-state index contributed by atoms with van der Waals surface area (Å²) in [4.78, 5) is 43.7. The van der Waals surface area contributed by atoms with E-state index in [-0.39, 0.29) is 22.4 Å². The number of ether oxygens (including phenoxy) is 1. The summed E-state index contributed by atoms with van der Waals surface area (Å²) in [6.45, 7) is 1.10. The van der Waals surface area contributed by atoms with Gasteiger partial charge in [0.1, 0.15) is 5.75 Å². The first-order valence-electron chi connectivity index (χ1n) is 9.42. The van der Waals surface area contributed by atoms with E-state index in [9.17, 15) is 19.7 Å². The predicted molar refractivity (Wildman–Crippen MR) is 111 cm³/mol. The van der Waals surface area contributed by atoms with Gasteiger partial charge in [-0.1, -0.05) is 0 Å². The molecule has 0 fully saturated rings. The van der Waals surface area contributed by atoms with Crippen molar-refractivity contribution in [3.05, 3.63) is 62.1 Å². The average Bonchev–Trinajstić information content (AvgIpc) is 3.01. The number of non-ortho nitro benzene ring substituents is 1. The van der Waals surface area contributed by atoms with Crippen molar-refractivity contribution < 1.29 is 14.5 Å². The first-order valence-corrected chi connectivity index (χ1v) is 9.42. The Hall–Kier alpha value is -3.59. The lowest BCUT2D eigenvalue weighted by Crippen LogP contribution is -2.25. The van der Waals surface area contributed by atoms with Gasteiger partial charge in [-0.25, -0.2) is 0 Å². The quantitative estimate of drug-likeness (QED) is 0.356. The molecule has 3 aromatic rings. The second-order valence-corrected chi connectivity index (χ2v) is 7.42. The number of nitro groups is 1. The van der Waals surface area contributed by atoms with Crippen LogP contribution in [0.25, 0.3) is 22.2 Å². The molecule has 0 N–H and O–H groups in total. The van der Waals surface area contributed by atoms with E-state index in [0.717, 1.165) is 6.54 Å². The number of fused-ring (bicyclic) bond motifs is 5. The summed E-state index contributed by atoms with van der Waals surface area (Å²) in [5.74, 6) is 0.169. The summed E-state index contributed by atoms with van der Waals surface area (Å²) in [6.07, 6.45) is 2.18. The first kappa shape index (κ1) is 19.7. The molecule has 4 rings (SSSR count). The minimum Gasteiger partial charge on any atom is -0.495 e. The molecule has 0 amide bonds. The van der Waals surface area contributed by atoms with Crippen LogP contribution in [0.5, 0.6) is 5.75 Å². The standard InChI is InChI=1S/C21H20N4O5/c1-23(2)7-4-8-24-19-17(20(26)16-10-13(30-3)11-22-18(16)19)14-6-5-12(25(28)29)9-15(14)21(24)27/h5-6,9-11H,4,7-8H2,1-3H3. The maximum atomic E-state index is 13.3. The third kappa shape index (κ3) is 3.03. The Kier molecular flexibility index (Phi) is 4.83. The number of carbonyl (C=O) groups is 1. The van der Waals surface area contributed by atoms with Crippen molar-refractivity contribution in [2.24, 2.45) is 0 Å². The fourth-order valence-electron chi connectivity index (χ4n) is 3.84. The van der Waals surface area contributed by atoms with Crippen molar-refractivity contribution >= 4 is 22.2 Å². The van der Waals surface area contributed by atoms with Crippen LogP contribution >= 0.6 is 0 Å². The highest BCUT2D eigenvalue weighted by Gasteiger charge is 2.34. The van der Waals surface area contributed by atoms with Crippen molar-refractivity contribution in [3.8, 4) is 17.1 Å². The zero-order chi connectivity index (χ0) is 21.6. The van der Waals surface area contributed by atoms with E-state index in [2.05, 4.69) is 4.98 Å². The van der Waals surface area contributed by atoms with Crippen LogP contribution in [-0.2, 0) is 6.54 Å². The average molecular weight is 408 g/mol. The summed E-state index contributed by atoms with van der Waals surface area (Å²) < 4.78 is 6.72. The van der Waals surface area contributed by atoms with Crippen LogP contribution in [-0.4, -0.2) is 52.9 Å². The molecule has 0 unspecified atom stereocenters. The molecular formula is C21H20N4O5. The number of nitro benzene ring substituents is 1. The van der Waals surface area contributed by atoms with E-state index in [1.807, 2.05) is 19.0 Å². The van der Waals surface area contributed by atoms with Crippen molar-refractivity contribution in [2.45, 2.75) is 13.0 Å². The molecule has 0 aliphatic heterocycles. The zero-order valence-electron chi connectivity index (χ0n) is 16.8. The summed E-state index contributed by atoms with van der Waals surface area (Å²) >= 11 is 0. The molecule has 2 aromatic heterocycles. The summed E-state index contributed by atoms with van der Waals surface area (Å²) in [6, 6.07) is 5.63. The van der Waals surface area contributed by atoms with Gasteiger partial charge in [-0.3, -0.25) is 24.7 Å². The SMILES string of the molecule is COc1cnc2c(c1)C(=O)c1c-2n(CCCN(C)C)c(=O)c2cc([N+](=O)[O-])ccc12. The van der Waals surface area contributed by atoms with Crippen molar-refractivity contribution in [1.29, 1.82) is 0 Å². The van der Waals surface area contributed by atoms with Gasteiger partial charge in [-0.2, -0.15) is 0 Å². The van der Waals surface area contributed by atoms with Crippen molar-refractivity contribution in [3.63, 3.8) is 0 Å². The van der Waals surface area contributed by atoms with Gasteiger partial charge >= 0.3 is 0 Å². The van der Waals surface area contributed by atoms with E-state index in [1.165, 1.54) is 36.1 Å². The Morgan fingerprint density at radius 3 is 2.63 bits per heavy atom. The molecule has 1 aliphatic rings. The van der Waals surface area contributed by atoms with Gasteiger partial charge in [0.15, 0.2) is 5.78 Å². The number of ketones is 1. The summed E-state index contributed by atoms with van der Waals surface area (Å²) in [5.41, 5.74) is 1.03. The molecule has 9 nitrogen and oxygen atoms in total. The van der Waals surface area contributed by atoms with Gasteiger partial charge in [0.2, 0.25) is 0 Å². The molecular weight excluding hydrogens is 388 g/mol. The fourth-order valence-corrected chi connectivity index (χ4v) is 3.84.